The molecule has 0 radical (unpaired) electrons. The number of aliphatic hydroxyl groups is 1. The fourth-order valence-electron chi connectivity index (χ4n) is 2.70. The van der Waals surface area contributed by atoms with Crippen LogP contribution in [0.3, 0.4) is 0 Å². The molecule has 1 unspecified atom stereocenters. The van der Waals surface area contributed by atoms with E-state index >= 15 is 0 Å². The van der Waals surface area contributed by atoms with Gasteiger partial charge >= 0.3 is 0 Å². The van der Waals surface area contributed by atoms with Crippen molar-refractivity contribution in [3.8, 4) is 0 Å². The van der Waals surface area contributed by atoms with Crippen molar-refractivity contribution < 1.29 is 5.11 Å². The molecule has 0 amide bonds. The standard InChI is InChI=1S/C15H23NO/c1-2-13(12-8-4-3-5-9-12)16-14-10-6-7-11-15(14)17/h3-5,8-9,13-17H,2,6-7,10-11H2,1H3/t13?,14-,15-/m1/s1. The van der Waals surface area contributed by atoms with Crippen LogP contribution in [0.1, 0.15) is 50.6 Å². The van der Waals surface area contributed by atoms with Gasteiger partial charge in [-0.05, 0) is 24.8 Å². The Kier molecular flexibility index (Phi) is 4.57. The fraction of sp³-hybridized carbons (Fsp3) is 0.600. The van der Waals surface area contributed by atoms with Gasteiger partial charge in [0.25, 0.3) is 0 Å². The summed E-state index contributed by atoms with van der Waals surface area (Å²) in [4.78, 5) is 0. The molecule has 0 bridgehead atoms. The topological polar surface area (TPSA) is 32.3 Å². The summed E-state index contributed by atoms with van der Waals surface area (Å²) in [5.74, 6) is 0. The molecule has 1 aliphatic rings. The van der Waals surface area contributed by atoms with Crippen molar-refractivity contribution in [2.24, 2.45) is 0 Å². The van der Waals surface area contributed by atoms with Crippen molar-refractivity contribution in [3.05, 3.63) is 35.9 Å². The van der Waals surface area contributed by atoms with E-state index in [-0.39, 0.29) is 12.1 Å². The zero-order valence-corrected chi connectivity index (χ0v) is 10.6. The lowest BCUT2D eigenvalue weighted by Gasteiger charge is -2.32. The Hall–Kier alpha value is -0.860. The van der Waals surface area contributed by atoms with E-state index in [1.807, 2.05) is 6.07 Å². The van der Waals surface area contributed by atoms with E-state index in [4.69, 9.17) is 0 Å². The Balaban J connectivity index is 1.99. The van der Waals surface area contributed by atoms with Gasteiger partial charge in [0.05, 0.1) is 6.10 Å². The van der Waals surface area contributed by atoms with Crippen molar-refractivity contribution in [2.45, 2.75) is 57.2 Å². The third kappa shape index (κ3) is 3.30. The molecular weight excluding hydrogens is 210 g/mol. The fourth-order valence-corrected chi connectivity index (χ4v) is 2.70. The molecule has 1 saturated carbocycles. The van der Waals surface area contributed by atoms with E-state index in [0.717, 1.165) is 19.3 Å². The van der Waals surface area contributed by atoms with E-state index in [1.54, 1.807) is 0 Å². The molecule has 0 saturated heterocycles. The van der Waals surface area contributed by atoms with Crippen molar-refractivity contribution in [3.63, 3.8) is 0 Å². The maximum atomic E-state index is 10.00. The van der Waals surface area contributed by atoms with E-state index < -0.39 is 0 Å². The summed E-state index contributed by atoms with van der Waals surface area (Å²) in [6, 6.07) is 11.2. The molecule has 1 aromatic carbocycles. The predicted molar refractivity (Wildman–Crippen MR) is 70.9 cm³/mol. The first-order chi connectivity index (χ1) is 8.31. The quantitative estimate of drug-likeness (QED) is 0.838. The molecule has 0 aliphatic heterocycles. The van der Waals surface area contributed by atoms with Crippen LogP contribution in [0.4, 0.5) is 0 Å². The van der Waals surface area contributed by atoms with Gasteiger partial charge in [0.15, 0.2) is 0 Å². The average molecular weight is 233 g/mol. The summed E-state index contributed by atoms with van der Waals surface area (Å²) in [6.07, 6.45) is 5.35. The molecule has 94 valence electrons. The lowest BCUT2D eigenvalue weighted by molar-refractivity contribution is 0.0844. The first-order valence-corrected chi connectivity index (χ1v) is 6.80. The number of hydrogen-bond acceptors (Lipinski definition) is 2. The molecule has 2 N–H and O–H groups in total. The second-order valence-electron chi connectivity index (χ2n) is 5.00. The Labute approximate surface area is 104 Å². The Morgan fingerprint density at radius 2 is 1.94 bits per heavy atom. The summed E-state index contributed by atoms with van der Waals surface area (Å²) < 4.78 is 0. The van der Waals surface area contributed by atoms with Gasteiger partial charge in [-0.1, -0.05) is 50.1 Å². The Morgan fingerprint density at radius 1 is 1.24 bits per heavy atom. The van der Waals surface area contributed by atoms with E-state index in [1.165, 1.54) is 18.4 Å². The van der Waals surface area contributed by atoms with Crippen LogP contribution >= 0.6 is 0 Å². The number of rotatable bonds is 4. The maximum Gasteiger partial charge on any atom is 0.0693 e. The monoisotopic (exact) mass is 233 g/mol. The summed E-state index contributed by atoms with van der Waals surface area (Å²) in [7, 11) is 0. The molecule has 1 aromatic rings. The SMILES string of the molecule is CCC(N[C@@H]1CCCC[C@H]1O)c1ccccc1. The lowest BCUT2D eigenvalue weighted by Crippen LogP contribution is -2.43. The van der Waals surface area contributed by atoms with Crippen molar-refractivity contribution in [1.29, 1.82) is 0 Å². The predicted octanol–water partition coefficient (Wildman–Crippen LogP) is 3.03. The number of aliphatic hydroxyl groups excluding tert-OH is 1. The van der Waals surface area contributed by atoms with Gasteiger partial charge < -0.3 is 10.4 Å². The average Bonchev–Trinajstić information content (AvgIpc) is 2.39. The highest BCUT2D eigenvalue weighted by Crippen LogP contribution is 2.23. The molecule has 17 heavy (non-hydrogen) atoms. The first-order valence-electron chi connectivity index (χ1n) is 6.80. The van der Waals surface area contributed by atoms with Gasteiger partial charge in [-0.2, -0.15) is 0 Å². The van der Waals surface area contributed by atoms with Crippen LogP contribution < -0.4 is 5.32 Å². The highest BCUT2D eigenvalue weighted by atomic mass is 16.3. The molecule has 0 spiro atoms. The number of nitrogens with one attached hydrogen (secondary N) is 1. The van der Waals surface area contributed by atoms with E-state index in [2.05, 4.69) is 36.5 Å². The van der Waals surface area contributed by atoms with Crippen LogP contribution in [0.15, 0.2) is 30.3 Å². The van der Waals surface area contributed by atoms with Gasteiger partial charge in [-0.25, -0.2) is 0 Å². The molecule has 2 rings (SSSR count). The van der Waals surface area contributed by atoms with Gasteiger partial charge in [0.2, 0.25) is 0 Å². The minimum Gasteiger partial charge on any atom is -0.392 e. The normalized spacial score (nSPS) is 26.7. The van der Waals surface area contributed by atoms with Crippen LogP contribution in [0, 0.1) is 0 Å². The maximum absolute atomic E-state index is 10.00. The number of benzene rings is 1. The van der Waals surface area contributed by atoms with Crippen LogP contribution in [0.25, 0.3) is 0 Å². The van der Waals surface area contributed by atoms with Gasteiger partial charge in [-0.3, -0.25) is 0 Å². The van der Waals surface area contributed by atoms with Crippen LogP contribution in [0.5, 0.6) is 0 Å². The summed E-state index contributed by atoms with van der Waals surface area (Å²) >= 11 is 0. The second kappa shape index (κ2) is 6.18. The van der Waals surface area contributed by atoms with Crippen molar-refractivity contribution in [1.82, 2.24) is 5.32 Å². The lowest BCUT2D eigenvalue weighted by atomic mass is 9.91. The summed E-state index contributed by atoms with van der Waals surface area (Å²) in [5.41, 5.74) is 1.33. The largest absolute Gasteiger partial charge is 0.392 e. The second-order valence-corrected chi connectivity index (χ2v) is 5.00. The highest BCUT2D eigenvalue weighted by Gasteiger charge is 2.25. The van der Waals surface area contributed by atoms with E-state index in [0.29, 0.717) is 6.04 Å². The number of hydrogen-bond donors (Lipinski definition) is 2. The Morgan fingerprint density at radius 3 is 2.59 bits per heavy atom. The molecule has 1 fully saturated rings. The molecule has 1 aliphatic carbocycles. The molecule has 2 heteroatoms. The van der Waals surface area contributed by atoms with Crippen LogP contribution in [0.2, 0.25) is 0 Å². The molecule has 0 aromatic heterocycles. The van der Waals surface area contributed by atoms with Crippen LogP contribution in [-0.4, -0.2) is 17.3 Å². The summed E-state index contributed by atoms with van der Waals surface area (Å²) in [6.45, 7) is 2.19. The molecule has 3 atom stereocenters. The zero-order valence-electron chi connectivity index (χ0n) is 10.6. The Bertz CT molecular complexity index is 325. The molecular formula is C15H23NO. The van der Waals surface area contributed by atoms with Gasteiger partial charge in [0.1, 0.15) is 0 Å². The first kappa shape index (κ1) is 12.6. The third-order valence-electron chi connectivity index (χ3n) is 3.75. The minimum absolute atomic E-state index is 0.165. The van der Waals surface area contributed by atoms with Crippen LogP contribution in [-0.2, 0) is 0 Å². The minimum atomic E-state index is -0.165. The van der Waals surface area contributed by atoms with Gasteiger partial charge in [0, 0.05) is 12.1 Å². The molecule has 2 nitrogen and oxygen atoms in total. The van der Waals surface area contributed by atoms with E-state index in [9.17, 15) is 5.11 Å². The zero-order chi connectivity index (χ0) is 12.1. The third-order valence-corrected chi connectivity index (χ3v) is 3.75. The summed E-state index contributed by atoms with van der Waals surface area (Å²) in [5, 5.41) is 13.6. The molecule has 0 heterocycles. The highest BCUT2D eigenvalue weighted by molar-refractivity contribution is 5.19. The van der Waals surface area contributed by atoms with Gasteiger partial charge in [-0.15, -0.1) is 0 Å². The van der Waals surface area contributed by atoms with Crippen molar-refractivity contribution >= 4 is 0 Å². The smallest absolute Gasteiger partial charge is 0.0693 e. The van der Waals surface area contributed by atoms with Crippen molar-refractivity contribution in [2.75, 3.05) is 0 Å².